The number of nitrogens with zero attached hydrogens (tertiary/aromatic N) is 1. The van der Waals surface area contributed by atoms with E-state index in [2.05, 4.69) is 15.8 Å². The highest BCUT2D eigenvalue weighted by Gasteiger charge is 2.07. The quantitative estimate of drug-likeness (QED) is 0.501. The second kappa shape index (κ2) is 9.83. The maximum atomic E-state index is 11.9. The molecular formula is C19H21N3O4. The van der Waals surface area contributed by atoms with Gasteiger partial charge in [-0.2, -0.15) is 5.10 Å². The molecule has 7 heteroatoms. The summed E-state index contributed by atoms with van der Waals surface area (Å²) in [6.45, 7) is 2.47. The van der Waals surface area contributed by atoms with Gasteiger partial charge in [-0.05, 0) is 43.3 Å². The van der Waals surface area contributed by atoms with E-state index in [9.17, 15) is 14.7 Å². The highest BCUT2D eigenvalue weighted by molar-refractivity contribution is 5.93. The monoisotopic (exact) mass is 355 g/mol. The first-order valence-corrected chi connectivity index (χ1v) is 8.21. The van der Waals surface area contributed by atoms with E-state index in [4.69, 9.17) is 4.74 Å². The number of aromatic hydroxyl groups is 1. The lowest BCUT2D eigenvalue weighted by Gasteiger charge is -2.07. The number of carbonyl (C=O) groups excluding carboxylic acids is 2. The minimum absolute atomic E-state index is 0.000967. The minimum atomic E-state index is -0.390. The van der Waals surface area contributed by atoms with Gasteiger partial charge in [0.05, 0.1) is 12.8 Å². The van der Waals surface area contributed by atoms with E-state index in [1.807, 2.05) is 6.92 Å². The Morgan fingerprint density at radius 1 is 1.08 bits per heavy atom. The Morgan fingerprint density at radius 2 is 1.77 bits per heavy atom. The van der Waals surface area contributed by atoms with Crippen LogP contribution in [-0.4, -0.2) is 29.7 Å². The fourth-order valence-electron chi connectivity index (χ4n) is 2.08. The zero-order chi connectivity index (χ0) is 18.8. The van der Waals surface area contributed by atoms with Gasteiger partial charge in [0.25, 0.3) is 0 Å². The lowest BCUT2D eigenvalue weighted by Crippen LogP contribution is -2.20. The van der Waals surface area contributed by atoms with Crippen LogP contribution in [0.3, 0.4) is 0 Å². The fraction of sp³-hybridized carbons (Fsp3) is 0.211. The number of ether oxygens (including phenoxy) is 1. The Hall–Kier alpha value is -3.35. The van der Waals surface area contributed by atoms with Crippen LogP contribution < -0.4 is 15.5 Å². The van der Waals surface area contributed by atoms with Crippen LogP contribution in [0.5, 0.6) is 11.5 Å². The van der Waals surface area contributed by atoms with E-state index < -0.39 is 5.91 Å². The molecule has 2 aromatic carbocycles. The fourth-order valence-corrected chi connectivity index (χ4v) is 2.08. The third-order valence-corrected chi connectivity index (χ3v) is 3.36. The van der Waals surface area contributed by atoms with Gasteiger partial charge in [0.1, 0.15) is 11.5 Å². The third kappa shape index (κ3) is 6.27. The zero-order valence-corrected chi connectivity index (χ0v) is 14.4. The van der Waals surface area contributed by atoms with Gasteiger partial charge in [-0.25, -0.2) is 5.43 Å². The molecule has 0 aliphatic rings. The summed E-state index contributed by atoms with van der Waals surface area (Å²) in [5, 5.41) is 16.0. The van der Waals surface area contributed by atoms with E-state index in [-0.39, 0.29) is 24.5 Å². The molecule has 0 aliphatic heterocycles. The smallest absolute Gasteiger partial charge is 0.240 e. The molecule has 26 heavy (non-hydrogen) atoms. The van der Waals surface area contributed by atoms with Crippen LogP contribution in [0.25, 0.3) is 0 Å². The van der Waals surface area contributed by atoms with Gasteiger partial charge in [-0.1, -0.05) is 12.1 Å². The topological polar surface area (TPSA) is 100 Å². The Balaban J connectivity index is 1.73. The van der Waals surface area contributed by atoms with Crippen molar-refractivity contribution < 1.29 is 19.4 Å². The molecule has 2 rings (SSSR count). The number of benzene rings is 2. The van der Waals surface area contributed by atoms with E-state index in [0.717, 1.165) is 5.75 Å². The first kappa shape index (κ1) is 19.0. The van der Waals surface area contributed by atoms with Gasteiger partial charge < -0.3 is 15.2 Å². The molecule has 0 unspecified atom stereocenters. The maximum absolute atomic E-state index is 11.9. The number of hydrazone groups is 1. The molecule has 7 nitrogen and oxygen atoms in total. The van der Waals surface area contributed by atoms with E-state index in [1.54, 1.807) is 42.5 Å². The standard InChI is InChI=1S/C19H21N3O4/c1-2-26-16-9-7-15(8-10-16)21-18(24)11-12-19(25)22-20-13-14-5-3-4-6-17(14)23/h3-10,13,23H,2,11-12H2,1H3,(H,21,24)(H,22,25). The highest BCUT2D eigenvalue weighted by atomic mass is 16.5. The molecule has 0 saturated carbocycles. The number of rotatable bonds is 8. The average molecular weight is 355 g/mol. The van der Waals surface area contributed by atoms with Crippen molar-refractivity contribution in [1.82, 2.24) is 5.43 Å². The summed E-state index contributed by atoms with van der Waals surface area (Å²) >= 11 is 0. The number of hydrogen-bond donors (Lipinski definition) is 3. The molecule has 0 aliphatic carbocycles. The molecule has 0 fully saturated rings. The molecule has 0 atom stereocenters. The van der Waals surface area contributed by atoms with Crippen molar-refractivity contribution in [3.05, 3.63) is 54.1 Å². The van der Waals surface area contributed by atoms with Gasteiger partial charge in [-0.3, -0.25) is 9.59 Å². The van der Waals surface area contributed by atoms with Crippen molar-refractivity contribution in [3.8, 4) is 11.5 Å². The molecule has 0 aromatic heterocycles. The van der Waals surface area contributed by atoms with E-state index in [1.165, 1.54) is 12.3 Å². The number of hydrogen-bond acceptors (Lipinski definition) is 5. The van der Waals surface area contributed by atoms with Crippen LogP contribution in [0.4, 0.5) is 5.69 Å². The van der Waals surface area contributed by atoms with E-state index in [0.29, 0.717) is 17.9 Å². The summed E-state index contributed by atoms with van der Waals surface area (Å²) in [5.41, 5.74) is 3.44. The van der Waals surface area contributed by atoms with Crippen LogP contribution in [0.15, 0.2) is 53.6 Å². The predicted octanol–water partition coefficient (Wildman–Crippen LogP) is 2.66. The van der Waals surface area contributed by atoms with Gasteiger partial charge >= 0.3 is 0 Å². The Morgan fingerprint density at radius 3 is 2.46 bits per heavy atom. The molecule has 2 amide bonds. The Labute approximate surface area is 151 Å². The summed E-state index contributed by atoms with van der Waals surface area (Å²) in [5.74, 6) is 0.139. The van der Waals surface area contributed by atoms with Crippen LogP contribution in [0.1, 0.15) is 25.3 Å². The number of para-hydroxylation sites is 1. The summed E-state index contributed by atoms with van der Waals surface area (Å²) in [6, 6.07) is 13.6. The number of nitrogens with one attached hydrogen (secondary N) is 2. The second-order valence-corrected chi connectivity index (χ2v) is 5.36. The number of phenols is 1. The van der Waals surface area contributed by atoms with Crippen molar-refractivity contribution in [2.45, 2.75) is 19.8 Å². The molecule has 3 N–H and O–H groups in total. The van der Waals surface area contributed by atoms with Gasteiger partial charge in [-0.15, -0.1) is 0 Å². The summed E-state index contributed by atoms with van der Waals surface area (Å²) in [4.78, 5) is 23.6. The molecule has 136 valence electrons. The summed E-state index contributed by atoms with van der Waals surface area (Å²) < 4.78 is 5.33. The Bertz CT molecular complexity index is 773. The number of phenolic OH excluding ortho intramolecular Hbond substituents is 1. The van der Waals surface area contributed by atoms with E-state index >= 15 is 0 Å². The molecule has 0 saturated heterocycles. The SMILES string of the molecule is CCOc1ccc(NC(=O)CCC(=O)NN=Cc2ccccc2O)cc1. The highest BCUT2D eigenvalue weighted by Crippen LogP contribution is 2.16. The van der Waals surface area contributed by atoms with Crippen molar-refractivity contribution in [3.63, 3.8) is 0 Å². The molecule has 2 aromatic rings. The molecule has 0 radical (unpaired) electrons. The van der Waals surface area contributed by atoms with Gasteiger partial charge in [0.2, 0.25) is 11.8 Å². The first-order valence-electron chi connectivity index (χ1n) is 8.21. The first-order chi connectivity index (χ1) is 12.6. The summed E-state index contributed by atoms with van der Waals surface area (Å²) in [7, 11) is 0. The van der Waals surface area contributed by atoms with Crippen LogP contribution in [0.2, 0.25) is 0 Å². The molecule has 0 spiro atoms. The normalized spacial score (nSPS) is 10.5. The van der Waals surface area contributed by atoms with Gasteiger partial charge in [0, 0.05) is 24.1 Å². The largest absolute Gasteiger partial charge is 0.507 e. The number of carbonyl (C=O) groups is 2. The second-order valence-electron chi connectivity index (χ2n) is 5.36. The predicted molar refractivity (Wildman–Crippen MR) is 99.3 cm³/mol. The minimum Gasteiger partial charge on any atom is -0.507 e. The Kier molecular flexibility index (Phi) is 7.17. The lowest BCUT2D eigenvalue weighted by molar-refractivity contribution is -0.124. The van der Waals surface area contributed by atoms with Crippen molar-refractivity contribution in [1.29, 1.82) is 0 Å². The zero-order valence-electron chi connectivity index (χ0n) is 14.4. The maximum Gasteiger partial charge on any atom is 0.240 e. The lowest BCUT2D eigenvalue weighted by atomic mass is 10.2. The van der Waals surface area contributed by atoms with Crippen LogP contribution >= 0.6 is 0 Å². The third-order valence-electron chi connectivity index (χ3n) is 3.36. The molecular weight excluding hydrogens is 334 g/mol. The number of amides is 2. The van der Waals surface area contributed by atoms with Crippen molar-refractivity contribution in [2.75, 3.05) is 11.9 Å². The van der Waals surface area contributed by atoms with Crippen molar-refractivity contribution >= 4 is 23.7 Å². The van der Waals surface area contributed by atoms with Crippen LogP contribution in [0, 0.1) is 0 Å². The summed E-state index contributed by atoms with van der Waals surface area (Å²) in [6.07, 6.45) is 1.37. The van der Waals surface area contributed by atoms with Crippen LogP contribution in [-0.2, 0) is 9.59 Å². The number of anilines is 1. The van der Waals surface area contributed by atoms with Gasteiger partial charge in [0.15, 0.2) is 0 Å². The molecule has 0 bridgehead atoms. The van der Waals surface area contributed by atoms with Crippen molar-refractivity contribution in [2.24, 2.45) is 5.10 Å². The average Bonchev–Trinajstić information content (AvgIpc) is 2.63. The molecule has 0 heterocycles.